The Labute approximate surface area is 194 Å². The van der Waals surface area contributed by atoms with Crippen LogP contribution in [0.3, 0.4) is 0 Å². The quantitative estimate of drug-likeness (QED) is 0.538. The third-order valence-electron chi connectivity index (χ3n) is 5.52. The first kappa shape index (κ1) is 22.0. The highest BCUT2D eigenvalue weighted by Gasteiger charge is 2.16. The molecular formula is C26H25ClN4O. The molecule has 0 bridgehead atoms. The van der Waals surface area contributed by atoms with Crippen LogP contribution in [0.1, 0.15) is 31.0 Å². The van der Waals surface area contributed by atoms with E-state index in [1.54, 1.807) is 24.2 Å². The van der Waals surface area contributed by atoms with Crippen LogP contribution in [0.5, 0.6) is 0 Å². The SMILES string of the molecule is CC(=O)N(CCN1CCCC1)c1ccc(C#Cc2ccc(-c3ccc(Cl)cc3)cn2)cn1. The zero-order chi connectivity index (χ0) is 22.3. The van der Waals surface area contributed by atoms with Crippen molar-refractivity contribution >= 4 is 23.3 Å². The fourth-order valence-corrected chi connectivity index (χ4v) is 3.84. The van der Waals surface area contributed by atoms with Gasteiger partial charge in [0.1, 0.15) is 11.5 Å². The van der Waals surface area contributed by atoms with Crippen LogP contribution in [0.25, 0.3) is 11.1 Å². The third-order valence-corrected chi connectivity index (χ3v) is 5.77. The van der Waals surface area contributed by atoms with Gasteiger partial charge >= 0.3 is 0 Å². The Balaban J connectivity index is 1.41. The van der Waals surface area contributed by atoms with Crippen LogP contribution in [0, 0.1) is 11.8 Å². The van der Waals surface area contributed by atoms with Crippen LogP contribution in [0.4, 0.5) is 5.82 Å². The Morgan fingerprint density at radius 3 is 2.34 bits per heavy atom. The fourth-order valence-electron chi connectivity index (χ4n) is 3.72. The van der Waals surface area contributed by atoms with Crippen LogP contribution in [-0.2, 0) is 4.79 Å². The average molecular weight is 445 g/mol. The van der Waals surface area contributed by atoms with E-state index in [0.29, 0.717) is 23.1 Å². The summed E-state index contributed by atoms with van der Waals surface area (Å²) in [6, 6.07) is 15.3. The Morgan fingerprint density at radius 2 is 1.72 bits per heavy atom. The first-order valence-corrected chi connectivity index (χ1v) is 11.2. The molecule has 1 aromatic carbocycles. The summed E-state index contributed by atoms with van der Waals surface area (Å²) in [5.74, 6) is 6.83. The molecular weight excluding hydrogens is 420 g/mol. The predicted molar refractivity (Wildman–Crippen MR) is 129 cm³/mol. The summed E-state index contributed by atoms with van der Waals surface area (Å²) in [4.78, 5) is 25.1. The van der Waals surface area contributed by atoms with Crippen LogP contribution in [0.2, 0.25) is 5.02 Å². The van der Waals surface area contributed by atoms with E-state index in [1.165, 1.54) is 12.8 Å². The van der Waals surface area contributed by atoms with Crippen molar-refractivity contribution in [3.05, 3.63) is 77.2 Å². The molecule has 1 amide bonds. The Kier molecular flexibility index (Phi) is 7.16. The van der Waals surface area contributed by atoms with Gasteiger partial charge in [-0.3, -0.25) is 9.69 Å². The molecule has 0 spiro atoms. The molecule has 4 rings (SSSR count). The number of rotatable bonds is 5. The number of hydrogen-bond acceptors (Lipinski definition) is 4. The fraction of sp³-hybridized carbons (Fsp3) is 0.269. The van der Waals surface area contributed by atoms with Crippen molar-refractivity contribution in [1.82, 2.24) is 14.9 Å². The van der Waals surface area contributed by atoms with Crippen LogP contribution >= 0.6 is 11.6 Å². The van der Waals surface area contributed by atoms with Crippen molar-refractivity contribution in [2.45, 2.75) is 19.8 Å². The molecule has 0 saturated carbocycles. The highest BCUT2D eigenvalue weighted by molar-refractivity contribution is 6.30. The topological polar surface area (TPSA) is 49.3 Å². The van der Waals surface area contributed by atoms with Crippen molar-refractivity contribution in [2.75, 3.05) is 31.1 Å². The van der Waals surface area contributed by atoms with Gasteiger partial charge in [0.2, 0.25) is 5.91 Å². The van der Waals surface area contributed by atoms with E-state index in [4.69, 9.17) is 11.6 Å². The molecule has 162 valence electrons. The lowest BCUT2D eigenvalue weighted by Crippen LogP contribution is -2.37. The summed E-state index contributed by atoms with van der Waals surface area (Å²) in [6.45, 7) is 5.33. The van der Waals surface area contributed by atoms with E-state index in [-0.39, 0.29) is 5.91 Å². The zero-order valence-electron chi connectivity index (χ0n) is 18.1. The largest absolute Gasteiger partial charge is 0.302 e. The molecule has 0 radical (unpaired) electrons. The maximum Gasteiger partial charge on any atom is 0.225 e. The van der Waals surface area contributed by atoms with Gasteiger partial charge in [0.25, 0.3) is 0 Å². The number of halogens is 1. The van der Waals surface area contributed by atoms with Gasteiger partial charge in [-0.05, 0) is 67.7 Å². The van der Waals surface area contributed by atoms with Crippen LogP contribution in [0.15, 0.2) is 60.9 Å². The first-order chi connectivity index (χ1) is 15.6. The summed E-state index contributed by atoms with van der Waals surface area (Å²) >= 11 is 5.95. The molecule has 1 aliphatic rings. The van der Waals surface area contributed by atoms with Gasteiger partial charge in [-0.25, -0.2) is 9.97 Å². The normalized spacial score (nSPS) is 13.4. The Hall–Kier alpha value is -3.20. The number of anilines is 1. The summed E-state index contributed by atoms with van der Waals surface area (Å²) in [5, 5.41) is 0.710. The van der Waals surface area contributed by atoms with Crippen molar-refractivity contribution in [3.63, 3.8) is 0 Å². The maximum atomic E-state index is 12.1. The molecule has 0 unspecified atom stereocenters. The molecule has 0 atom stereocenters. The van der Waals surface area contributed by atoms with Crippen molar-refractivity contribution in [1.29, 1.82) is 0 Å². The van der Waals surface area contributed by atoms with Crippen molar-refractivity contribution in [3.8, 4) is 23.0 Å². The lowest BCUT2D eigenvalue weighted by Gasteiger charge is -2.23. The summed E-state index contributed by atoms with van der Waals surface area (Å²) in [6.07, 6.45) is 5.99. The van der Waals surface area contributed by atoms with Gasteiger partial charge < -0.3 is 4.90 Å². The molecule has 0 N–H and O–H groups in total. The summed E-state index contributed by atoms with van der Waals surface area (Å²) in [5.41, 5.74) is 3.53. The molecule has 1 aliphatic heterocycles. The Morgan fingerprint density at radius 1 is 0.969 bits per heavy atom. The average Bonchev–Trinajstić information content (AvgIpc) is 3.33. The lowest BCUT2D eigenvalue weighted by molar-refractivity contribution is -0.116. The number of pyridine rings is 2. The lowest BCUT2D eigenvalue weighted by atomic mass is 10.1. The molecule has 3 heterocycles. The summed E-state index contributed by atoms with van der Waals surface area (Å²) < 4.78 is 0. The van der Waals surface area contributed by atoms with Gasteiger partial charge in [-0.2, -0.15) is 0 Å². The number of likely N-dealkylation sites (tertiary alicyclic amines) is 1. The minimum atomic E-state index is 0.000471. The van der Waals surface area contributed by atoms with E-state index in [2.05, 4.69) is 26.7 Å². The zero-order valence-corrected chi connectivity index (χ0v) is 18.8. The minimum absolute atomic E-state index is 0.000471. The summed E-state index contributed by atoms with van der Waals surface area (Å²) in [7, 11) is 0. The second-order valence-corrected chi connectivity index (χ2v) is 8.25. The number of nitrogens with zero attached hydrogens (tertiary/aromatic N) is 4. The van der Waals surface area contributed by atoms with E-state index < -0.39 is 0 Å². The van der Waals surface area contributed by atoms with E-state index in [1.807, 2.05) is 48.5 Å². The number of amides is 1. The van der Waals surface area contributed by atoms with E-state index in [9.17, 15) is 4.79 Å². The molecule has 1 fully saturated rings. The number of carbonyl (C=O) groups is 1. The highest BCUT2D eigenvalue weighted by atomic mass is 35.5. The molecule has 0 aliphatic carbocycles. The number of carbonyl (C=O) groups excluding carboxylic acids is 1. The molecule has 6 heteroatoms. The van der Waals surface area contributed by atoms with E-state index in [0.717, 1.165) is 36.3 Å². The van der Waals surface area contributed by atoms with Gasteiger partial charge in [0.15, 0.2) is 0 Å². The number of aromatic nitrogens is 2. The van der Waals surface area contributed by atoms with Crippen molar-refractivity contribution < 1.29 is 4.79 Å². The minimum Gasteiger partial charge on any atom is -0.302 e. The third kappa shape index (κ3) is 5.73. The predicted octanol–water partition coefficient (Wildman–Crippen LogP) is 4.65. The molecule has 5 nitrogen and oxygen atoms in total. The maximum absolute atomic E-state index is 12.1. The Bertz CT molecular complexity index is 1110. The first-order valence-electron chi connectivity index (χ1n) is 10.8. The van der Waals surface area contributed by atoms with Crippen molar-refractivity contribution in [2.24, 2.45) is 0 Å². The standard InChI is InChI=1S/C26H25ClN4O/c1-20(32)31(17-16-30-14-2-3-15-30)26-13-5-21(18-29-26)4-11-25-12-8-23(19-28-25)22-6-9-24(27)10-7-22/h5-10,12-13,18-19H,2-3,14-17H2,1H3. The van der Waals surface area contributed by atoms with E-state index >= 15 is 0 Å². The van der Waals surface area contributed by atoms with Crippen LogP contribution < -0.4 is 4.90 Å². The van der Waals surface area contributed by atoms with Gasteiger partial charge in [-0.15, -0.1) is 0 Å². The van der Waals surface area contributed by atoms with Gasteiger partial charge in [-0.1, -0.05) is 35.7 Å². The van der Waals surface area contributed by atoms with Gasteiger partial charge in [0, 0.05) is 48.6 Å². The monoisotopic (exact) mass is 444 g/mol. The molecule has 2 aromatic heterocycles. The highest BCUT2D eigenvalue weighted by Crippen LogP contribution is 2.20. The smallest absolute Gasteiger partial charge is 0.225 e. The molecule has 32 heavy (non-hydrogen) atoms. The number of benzene rings is 1. The number of hydrogen-bond donors (Lipinski definition) is 0. The molecule has 3 aromatic rings. The molecule has 1 saturated heterocycles. The van der Waals surface area contributed by atoms with Crippen LogP contribution in [-0.4, -0.2) is 47.0 Å². The van der Waals surface area contributed by atoms with Gasteiger partial charge in [0.05, 0.1) is 0 Å². The second-order valence-electron chi connectivity index (χ2n) is 7.81. The second kappa shape index (κ2) is 10.4.